The summed E-state index contributed by atoms with van der Waals surface area (Å²) in [5.41, 5.74) is 8.55. The molecule has 0 radical (unpaired) electrons. The smallest absolute Gasteiger partial charge is 0.252 e. The standard InChI is InChI=1S/C13H12BrClN2O2S2/c14-13-11(15)6-12(20-13)21(18,19)17-4-3-8-1-2-10(16)5-9(8)7-17/h1-2,5-6H,3-4,7,16H2. The molecule has 1 aromatic heterocycles. The summed E-state index contributed by atoms with van der Waals surface area (Å²) in [7, 11) is -3.52. The van der Waals surface area contributed by atoms with Gasteiger partial charge in [0.1, 0.15) is 4.21 Å². The minimum Gasteiger partial charge on any atom is -0.399 e. The van der Waals surface area contributed by atoms with Crippen molar-refractivity contribution < 1.29 is 8.42 Å². The molecule has 21 heavy (non-hydrogen) atoms. The largest absolute Gasteiger partial charge is 0.399 e. The SMILES string of the molecule is Nc1ccc2c(c1)CN(S(=O)(=O)c1cc(Cl)c(Br)s1)CC2. The van der Waals surface area contributed by atoms with Gasteiger partial charge in [0.2, 0.25) is 0 Å². The van der Waals surface area contributed by atoms with Crippen molar-refractivity contribution >= 4 is 54.6 Å². The highest BCUT2D eigenvalue weighted by Crippen LogP contribution is 2.37. The van der Waals surface area contributed by atoms with Gasteiger partial charge in [-0.1, -0.05) is 17.7 Å². The number of thiophene rings is 1. The van der Waals surface area contributed by atoms with Gasteiger partial charge in [0.25, 0.3) is 10.0 Å². The summed E-state index contributed by atoms with van der Waals surface area (Å²) in [4.78, 5) is 0. The van der Waals surface area contributed by atoms with Crippen LogP contribution in [0.1, 0.15) is 11.1 Å². The highest BCUT2D eigenvalue weighted by atomic mass is 79.9. The number of benzene rings is 1. The monoisotopic (exact) mass is 406 g/mol. The fourth-order valence-electron chi connectivity index (χ4n) is 2.34. The van der Waals surface area contributed by atoms with Gasteiger partial charge in [-0.05, 0) is 51.7 Å². The average Bonchev–Trinajstić information content (AvgIpc) is 2.78. The van der Waals surface area contributed by atoms with Crippen molar-refractivity contribution in [3.8, 4) is 0 Å². The molecular formula is C13H12BrClN2O2S2. The Morgan fingerprint density at radius 2 is 2.05 bits per heavy atom. The molecule has 112 valence electrons. The summed E-state index contributed by atoms with van der Waals surface area (Å²) in [6.45, 7) is 0.808. The third-order valence-corrected chi connectivity index (χ3v) is 8.19. The molecule has 1 aliphatic heterocycles. The molecule has 8 heteroatoms. The van der Waals surface area contributed by atoms with Gasteiger partial charge >= 0.3 is 0 Å². The highest BCUT2D eigenvalue weighted by Gasteiger charge is 2.30. The molecule has 0 saturated carbocycles. The maximum Gasteiger partial charge on any atom is 0.252 e. The fourth-order valence-corrected chi connectivity index (χ4v) is 6.31. The lowest BCUT2D eigenvalue weighted by atomic mass is 10.0. The molecule has 0 saturated heterocycles. The number of fused-ring (bicyclic) bond motifs is 1. The third kappa shape index (κ3) is 2.85. The van der Waals surface area contributed by atoms with Gasteiger partial charge in [0, 0.05) is 18.8 Å². The van der Waals surface area contributed by atoms with E-state index in [1.165, 1.54) is 10.4 Å². The van der Waals surface area contributed by atoms with Gasteiger partial charge in [0.15, 0.2) is 0 Å². The van der Waals surface area contributed by atoms with E-state index >= 15 is 0 Å². The predicted octanol–water partition coefficient (Wildman–Crippen LogP) is 3.49. The van der Waals surface area contributed by atoms with Crippen molar-refractivity contribution in [1.82, 2.24) is 4.31 Å². The lowest BCUT2D eigenvalue weighted by Crippen LogP contribution is -2.35. The van der Waals surface area contributed by atoms with Crippen molar-refractivity contribution in [2.24, 2.45) is 0 Å². The molecule has 3 rings (SSSR count). The molecule has 0 bridgehead atoms. The van der Waals surface area contributed by atoms with Crippen LogP contribution in [-0.2, 0) is 23.0 Å². The molecule has 2 N–H and O–H groups in total. The zero-order valence-electron chi connectivity index (χ0n) is 10.8. The Balaban J connectivity index is 1.94. The van der Waals surface area contributed by atoms with Crippen molar-refractivity contribution in [3.05, 3.63) is 44.2 Å². The summed E-state index contributed by atoms with van der Waals surface area (Å²) < 4.78 is 27.7. The number of anilines is 1. The predicted molar refractivity (Wildman–Crippen MR) is 89.2 cm³/mol. The van der Waals surface area contributed by atoms with E-state index < -0.39 is 10.0 Å². The van der Waals surface area contributed by atoms with E-state index in [4.69, 9.17) is 17.3 Å². The van der Waals surface area contributed by atoms with Gasteiger partial charge in [0.05, 0.1) is 8.81 Å². The molecule has 2 aromatic rings. The Morgan fingerprint density at radius 3 is 2.71 bits per heavy atom. The number of hydrogen-bond acceptors (Lipinski definition) is 4. The third-order valence-electron chi connectivity index (χ3n) is 3.42. The Bertz CT molecular complexity index is 785. The van der Waals surface area contributed by atoms with Crippen molar-refractivity contribution in [3.63, 3.8) is 0 Å². The summed E-state index contributed by atoms with van der Waals surface area (Å²) in [6, 6.07) is 7.14. The van der Waals surface area contributed by atoms with Gasteiger partial charge in [-0.15, -0.1) is 11.3 Å². The summed E-state index contributed by atoms with van der Waals surface area (Å²) in [6.07, 6.45) is 0.690. The van der Waals surface area contributed by atoms with Gasteiger partial charge in [-0.25, -0.2) is 8.42 Å². The first-order chi connectivity index (χ1) is 9.88. The van der Waals surface area contributed by atoms with Gasteiger partial charge < -0.3 is 5.73 Å². The normalized spacial score (nSPS) is 15.9. The lowest BCUT2D eigenvalue weighted by molar-refractivity contribution is 0.392. The van der Waals surface area contributed by atoms with E-state index in [9.17, 15) is 8.42 Å². The van der Waals surface area contributed by atoms with E-state index in [-0.39, 0.29) is 4.21 Å². The molecule has 1 aliphatic rings. The topological polar surface area (TPSA) is 63.4 Å². The first kappa shape index (κ1) is 15.3. The van der Waals surface area contributed by atoms with Crippen LogP contribution >= 0.6 is 38.9 Å². The molecule has 0 unspecified atom stereocenters. The molecule has 0 amide bonds. The number of hydrogen-bond donors (Lipinski definition) is 1. The van der Waals surface area contributed by atoms with Crippen LogP contribution in [0, 0.1) is 0 Å². The first-order valence-electron chi connectivity index (χ1n) is 6.20. The zero-order chi connectivity index (χ0) is 15.2. The Hall–Kier alpha value is -0.600. The van der Waals surface area contributed by atoms with Crippen LogP contribution in [-0.4, -0.2) is 19.3 Å². The fraction of sp³-hybridized carbons (Fsp3) is 0.231. The minimum atomic E-state index is -3.52. The van der Waals surface area contributed by atoms with Crippen molar-refractivity contribution in [2.45, 2.75) is 17.2 Å². The Kier molecular flexibility index (Phi) is 4.04. The number of nitrogens with two attached hydrogens (primary N) is 1. The van der Waals surface area contributed by atoms with Crippen LogP contribution in [0.4, 0.5) is 5.69 Å². The molecule has 0 aliphatic carbocycles. The van der Waals surface area contributed by atoms with Crippen LogP contribution in [0.2, 0.25) is 5.02 Å². The zero-order valence-corrected chi connectivity index (χ0v) is 14.8. The molecule has 0 atom stereocenters. The lowest BCUT2D eigenvalue weighted by Gasteiger charge is -2.27. The second-order valence-corrected chi connectivity index (χ2v) is 9.75. The number of rotatable bonds is 2. The number of nitrogen functional groups attached to an aromatic ring is 1. The second-order valence-electron chi connectivity index (χ2n) is 4.80. The molecule has 1 aromatic carbocycles. The van der Waals surface area contributed by atoms with Crippen molar-refractivity contribution in [1.29, 1.82) is 0 Å². The minimum absolute atomic E-state index is 0.256. The Labute approximate surface area is 140 Å². The average molecular weight is 408 g/mol. The quantitative estimate of drug-likeness (QED) is 0.775. The molecule has 4 nitrogen and oxygen atoms in total. The first-order valence-corrected chi connectivity index (χ1v) is 9.63. The Morgan fingerprint density at radius 1 is 1.29 bits per heavy atom. The van der Waals surface area contributed by atoms with E-state index in [2.05, 4.69) is 15.9 Å². The van der Waals surface area contributed by atoms with Gasteiger partial charge in [-0.2, -0.15) is 4.31 Å². The van der Waals surface area contributed by atoms with E-state index in [0.717, 1.165) is 22.5 Å². The molecular weight excluding hydrogens is 396 g/mol. The maximum atomic E-state index is 12.7. The van der Waals surface area contributed by atoms with E-state index in [0.29, 0.717) is 34.0 Å². The van der Waals surface area contributed by atoms with E-state index in [1.807, 2.05) is 18.2 Å². The van der Waals surface area contributed by atoms with Gasteiger partial charge in [-0.3, -0.25) is 0 Å². The molecule has 2 heterocycles. The van der Waals surface area contributed by atoms with Crippen LogP contribution in [0.3, 0.4) is 0 Å². The number of halogens is 2. The van der Waals surface area contributed by atoms with Crippen LogP contribution < -0.4 is 5.73 Å². The summed E-state index contributed by atoms with van der Waals surface area (Å²) >= 11 is 10.3. The highest BCUT2D eigenvalue weighted by molar-refractivity contribution is 9.11. The van der Waals surface area contributed by atoms with Crippen LogP contribution in [0.25, 0.3) is 0 Å². The maximum absolute atomic E-state index is 12.7. The second kappa shape index (κ2) is 5.55. The summed E-state index contributed by atoms with van der Waals surface area (Å²) in [5.74, 6) is 0. The van der Waals surface area contributed by atoms with Crippen molar-refractivity contribution in [2.75, 3.05) is 12.3 Å². The number of sulfonamides is 1. The van der Waals surface area contributed by atoms with E-state index in [1.54, 1.807) is 0 Å². The molecule has 0 spiro atoms. The number of nitrogens with zero attached hydrogens (tertiary/aromatic N) is 1. The van der Waals surface area contributed by atoms with Crippen LogP contribution in [0.5, 0.6) is 0 Å². The summed E-state index contributed by atoms with van der Waals surface area (Å²) in [5, 5.41) is 0.417. The molecule has 0 fully saturated rings. The van der Waals surface area contributed by atoms with Crippen LogP contribution in [0.15, 0.2) is 32.3 Å².